The van der Waals surface area contributed by atoms with Crippen molar-refractivity contribution in [3.05, 3.63) is 30.4 Å². The van der Waals surface area contributed by atoms with E-state index < -0.39 is 0 Å². The van der Waals surface area contributed by atoms with Crippen LogP contribution in [0.5, 0.6) is 0 Å². The van der Waals surface area contributed by atoms with Gasteiger partial charge in [-0.15, -0.1) is 0 Å². The lowest BCUT2D eigenvalue weighted by Gasteiger charge is -2.28. The maximum atomic E-state index is 12.9. The van der Waals surface area contributed by atoms with Crippen LogP contribution in [0.3, 0.4) is 0 Å². The molecule has 3 aromatic rings. The zero-order valence-electron chi connectivity index (χ0n) is 17.6. The predicted molar refractivity (Wildman–Crippen MR) is 117 cm³/mol. The van der Waals surface area contributed by atoms with Crippen LogP contribution in [-0.2, 0) is 4.74 Å². The van der Waals surface area contributed by atoms with E-state index in [1.807, 2.05) is 0 Å². The van der Waals surface area contributed by atoms with Crippen molar-refractivity contribution in [1.29, 1.82) is 0 Å². The quantitative estimate of drug-likeness (QED) is 0.534. The molecule has 0 spiro atoms. The van der Waals surface area contributed by atoms with E-state index in [2.05, 4.69) is 25.3 Å². The molecule has 2 fully saturated rings. The van der Waals surface area contributed by atoms with Crippen LogP contribution in [0.15, 0.2) is 24.7 Å². The molecule has 1 aliphatic carbocycles. The molecular weight excluding hydrogens is 412 g/mol. The summed E-state index contributed by atoms with van der Waals surface area (Å²) >= 11 is 0. The van der Waals surface area contributed by atoms with Gasteiger partial charge in [-0.25, -0.2) is 19.5 Å². The molecule has 4 N–H and O–H groups in total. The summed E-state index contributed by atoms with van der Waals surface area (Å²) in [4.78, 5) is 28.0. The average molecular weight is 438 g/mol. The third-order valence-electron chi connectivity index (χ3n) is 5.98. The zero-order valence-corrected chi connectivity index (χ0v) is 17.6. The summed E-state index contributed by atoms with van der Waals surface area (Å²) in [6.45, 7) is 2.61. The summed E-state index contributed by atoms with van der Waals surface area (Å²) in [7, 11) is 0. The van der Waals surface area contributed by atoms with Gasteiger partial charge in [-0.1, -0.05) is 0 Å². The summed E-state index contributed by atoms with van der Waals surface area (Å²) in [5.41, 5.74) is 8.04. The summed E-state index contributed by atoms with van der Waals surface area (Å²) in [5.74, 6) is 0.701. The van der Waals surface area contributed by atoms with Crippen LogP contribution >= 0.6 is 0 Å². The second-order valence-corrected chi connectivity index (χ2v) is 8.22. The molecule has 2 aliphatic rings. The first-order valence-electron chi connectivity index (χ1n) is 10.9. The van der Waals surface area contributed by atoms with Crippen LogP contribution in [0.1, 0.15) is 36.2 Å². The molecule has 0 unspecified atom stereocenters. The molecule has 5 rings (SSSR count). The molecule has 32 heavy (non-hydrogen) atoms. The molecule has 3 aromatic heterocycles. The highest BCUT2D eigenvalue weighted by molar-refractivity contribution is 5.94. The van der Waals surface area contributed by atoms with Gasteiger partial charge in [0.1, 0.15) is 5.52 Å². The Kier molecular flexibility index (Phi) is 5.58. The van der Waals surface area contributed by atoms with Crippen LogP contribution in [0.2, 0.25) is 0 Å². The van der Waals surface area contributed by atoms with Crippen molar-refractivity contribution in [2.24, 2.45) is 0 Å². The molecule has 1 amide bonds. The lowest BCUT2D eigenvalue weighted by Crippen LogP contribution is -2.38. The van der Waals surface area contributed by atoms with Gasteiger partial charge in [0.05, 0.1) is 31.2 Å². The number of nitrogens with one attached hydrogen (secondary N) is 1. The second-order valence-electron chi connectivity index (χ2n) is 8.22. The third-order valence-corrected chi connectivity index (χ3v) is 5.98. The van der Waals surface area contributed by atoms with Crippen molar-refractivity contribution in [1.82, 2.24) is 29.9 Å². The van der Waals surface area contributed by atoms with Crippen molar-refractivity contribution in [2.45, 2.75) is 37.8 Å². The van der Waals surface area contributed by atoms with Crippen LogP contribution in [-0.4, -0.2) is 74.0 Å². The Morgan fingerprint density at radius 1 is 1.16 bits per heavy atom. The Morgan fingerprint density at radius 2 is 1.88 bits per heavy atom. The van der Waals surface area contributed by atoms with E-state index in [1.165, 1.54) is 0 Å². The fourth-order valence-electron chi connectivity index (χ4n) is 4.18. The number of aliphatic hydroxyl groups is 1. The van der Waals surface area contributed by atoms with Crippen molar-refractivity contribution < 1.29 is 14.6 Å². The standard InChI is InChI=1S/C21H26N8O3/c22-21-23-10-13(11-24-21)17-12-29-18(19(26-17)28-5-7-32-8-6-28)9-16(27-29)20(31)25-14-1-3-15(30)4-2-14/h9-12,14-15,30H,1-8H2,(H,25,31)(H2,22,23,24). The normalized spacial score (nSPS) is 21.6. The number of ether oxygens (including phenoxy) is 1. The molecule has 0 aromatic carbocycles. The summed E-state index contributed by atoms with van der Waals surface area (Å²) in [6.07, 6.45) is 7.67. The van der Waals surface area contributed by atoms with Crippen LogP contribution in [0, 0.1) is 0 Å². The fourth-order valence-corrected chi connectivity index (χ4v) is 4.18. The van der Waals surface area contributed by atoms with Crippen LogP contribution < -0.4 is 16.0 Å². The Morgan fingerprint density at radius 3 is 2.59 bits per heavy atom. The molecule has 0 bridgehead atoms. The molecular formula is C21H26N8O3. The molecule has 1 aliphatic heterocycles. The monoisotopic (exact) mass is 438 g/mol. The topological polar surface area (TPSA) is 144 Å². The van der Waals surface area contributed by atoms with Crippen molar-refractivity contribution >= 4 is 23.2 Å². The third kappa shape index (κ3) is 4.21. The van der Waals surface area contributed by atoms with E-state index in [9.17, 15) is 9.90 Å². The smallest absolute Gasteiger partial charge is 0.272 e. The second kappa shape index (κ2) is 8.67. The van der Waals surface area contributed by atoms with Crippen molar-refractivity contribution in [2.75, 3.05) is 36.9 Å². The molecule has 168 valence electrons. The number of morpholine rings is 1. The van der Waals surface area contributed by atoms with Gasteiger partial charge >= 0.3 is 0 Å². The fraction of sp³-hybridized carbons (Fsp3) is 0.476. The van der Waals surface area contributed by atoms with E-state index in [1.54, 1.807) is 29.2 Å². The van der Waals surface area contributed by atoms with Gasteiger partial charge in [0.2, 0.25) is 5.95 Å². The highest BCUT2D eigenvalue weighted by atomic mass is 16.5. The average Bonchev–Trinajstić information content (AvgIpc) is 3.25. The summed E-state index contributed by atoms with van der Waals surface area (Å²) in [5, 5.41) is 17.3. The number of aliphatic hydroxyl groups excluding tert-OH is 1. The van der Waals surface area contributed by atoms with Gasteiger partial charge in [0.15, 0.2) is 11.5 Å². The van der Waals surface area contributed by atoms with E-state index in [0.29, 0.717) is 56.1 Å². The first-order chi connectivity index (χ1) is 15.6. The molecule has 0 radical (unpaired) electrons. The Balaban J connectivity index is 1.49. The zero-order chi connectivity index (χ0) is 22.1. The lowest BCUT2D eigenvalue weighted by molar-refractivity contribution is 0.0863. The number of carbonyl (C=O) groups excluding carboxylic acids is 1. The number of hydrogen-bond acceptors (Lipinski definition) is 9. The summed E-state index contributed by atoms with van der Waals surface area (Å²) in [6, 6.07) is 1.82. The van der Waals surface area contributed by atoms with E-state index in [-0.39, 0.29) is 24.0 Å². The van der Waals surface area contributed by atoms with Gasteiger partial charge in [-0.2, -0.15) is 5.10 Å². The predicted octanol–water partition coefficient (Wildman–Crippen LogP) is 0.638. The van der Waals surface area contributed by atoms with Crippen LogP contribution in [0.25, 0.3) is 16.8 Å². The Labute approximate surface area is 184 Å². The number of carbonyl (C=O) groups is 1. The molecule has 11 heteroatoms. The SMILES string of the molecule is Nc1ncc(-c2cn3nc(C(=O)NC4CCC(O)CC4)cc3c(N3CCOCC3)n2)cn1. The number of hydrogen-bond donors (Lipinski definition) is 3. The van der Waals surface area contributed by atoms with E-state index in [0.717, 1.165) is 24.2 Å². The van der Waals surface area contributed by atoms with Crippen LogP contribution in [0.4, 0.5) is 11.8 Å². The van der Waals surface area contributed by atoms with Gasteiger partial charge < -0.3 is 25.8 Å². The molecule has 0 atom stereocenters. The number of fused-ring (bicyclic) bond motifs is 1. The molecule has 1 saturated carbocycles. The van der Waals surface area contributed by atoms with Gasteiger partial charge in [-0.3, -0.25) is 4.79 Å². The highest BCUT2D eigenvalue weighted by Gasteiger charge is 2.24. The number of rotatable bonds is 4. The van der Waals surface area contributed by atoms with Crippen molar-refractivity contribution in [3.8, 4) is 11.3 Å². The Bertz CT molecular complexity index is 1100. The first-order valence-corrected chi connectivity index (χ1v) is 10.9. The minimum absolute atomic E-state index is 0.0510. The van der Waals surface area contributed by atoms with Gasteiger partial charge in [0, 0.05) is 43.2 Å². The van der Waals surface area contributed by atoms with E-state index in [4.69, 9.17) is 15.5 Å². The van der Waals surface area contributed by atoms with Gasteiger partial charge in [0.25, 0.3) is 5.91 Å². The highest BCUT2D eigenvalue weighted by Crippen LogP contribution is 2.26. The minimum Gasteiger partial charge on any atom is -0.393 e. The number of amides is 1. The van der Waals surface area contributed by atoms with E-state index >= 15 is 0 Å². The minimum atomic E-state index is -0.267. The maximum absolute atomic E-state index is 12.9. The number of aromatic nitrogens is 5. The first kappa shape index (κ1) is 20.6. The van der Waals surface area contributed by atoms with Crippen molar-refractivity contribution in [3.63, 3.8) is 0 Å². The maximum Gasteiger partial charge on any atom is 0.272 e. The molecule has 11 nitrogen and oxygen atoms in total. The number of nitrogens with zero attached hydrogens (tertiary/aromatic N) is 6. The van der Waals surface area contributed by atoms with Gasteiger partial charge in [-0.05, 0) is 25.7 Å². The Hall–Kier alpha value is -3.31. The number of nitrogens with two attached hydrogens (primary N) is 1. The lowest BCUT2D eigenvalue weighted by atomic mass is 9.93. The summed E-state index contributed by atoms with van der Waals surface area (Å²) < 4.78 is 7.17. The number of nitrogen functional groups attached to an aromatic ring is 1. The number of anilines is 2. The molecule has 4 heterocycles. The molecule has 1 saturated heterocycles. The largest absolute Gasteiger partial charge is 0.393 e.